The van der Waals surface area contributed by atoms with Crippen molar-refractivity contribution in [3.8, 4) is 17.2 Å². The zero-order valence-electron chi connectivity index (χ0n) is 19.3. The second-order valence-electron chi connectivity index (χ2n) is 8.70. The molecule has 180 valence electrons. The van der Waals surface area contributed by atoms with Crippen molar-refractivity contribution < 1.29 is 34.4 Å². The van der Waals surface area contributed by atoms with Gasteiger partial charge in [0.15, 0.2) is 11.5 Å². The molecule has 0 aromatic heterocycles. The van der Waals surface area contributed by atoms with Crippen LogP contribution in [-0.2, 0) is 22.6 Å². The number of fused-ring (bicyclic) bond motifs is 7. The van der Waals surface area contributed by atoms with Gasteiger partial charge in [0.1, 0.15) is 5.75 Å². The van der Waals surface area contributed by atoms with Crippen molar-refractivity contribution in [3.05, 3.63) is 41.5 Å². The van der Waals surface area contributed by atoms with Crippen LogP contribution in [0.15, 0.2) is 30.3 Å². The van der Waals surface area contributed by atoms with Crippen LogP contribution >= 0.6 is 0 Å². The number of nitrogens with zero attached hydrogens (tertiary/aromatic N) is 1. The zero-order valence-corrected chi connectivity index (χ0v) is 19.3. The molecule has 8 heteroatoms. The third-order valence-corrected chi connectivity index (χ3v) is 6.68. The number of carboxylic acid groups (broad SMARTS) is 2. The van der Waals surface area contributed by atoms with Gasteiger partial charge < -0.3 is 24.8 Å². The number of methoxy groups -OCH3 is 2. The van der Waals surface area contributed by atoms with Crippen LogP contribution in [0, 0.1) is 0 Å². The summed E-state index contributed by atoms with van der Waals surface area (Å²) < 4.78 is 11.1. The van der Waals surface area contributed by atoms with E-state index in [4.69, 9.17) is 19.7 Å². The SMILES string of the molecule is COc1cc2c3c(c4ccc(O)cc4c2cc1OC)CN1CCCC1C3.O=C(O)CCC(=O)O. The predicted octanol–water partition coefficient (Wildman–Crippen LogP) is 4.17. The molecular weight excluding hydrogens is 438 g/mol. The number of hydrogen-bond acceptors (Lipinski definition) is 6. The van der Waals surface area contributed by atoms with Crippen LogP contribution in [0.5, 0.6) is 17.2 Å². The Morgan fingerprint density at radius 2 is 1.53 bits per heavy atom. The first kappa shape index (κ1) is 23.6. The van der Waals surface area contributed by atoms with E-state index in [0.717, 1.165) is 35.2 Å². The smallest absolute Gasteiger partial charge is 0.303 e. The van der Waals surface area contributed by atoms with E-state index in [1.807, 2.05) is 6.07 Å². The van der Waals surface area contributed by atoms with Crippen LogP contribution in [0.1, 0.15) is 36.8 Å². The number of rotatable bonds is 5. The lowest BCUT2D eigenvalue weighted by atomic mass is 9.85. The molecule has 0 saturated carbocycles. The van der Waals surface area contributed by atoms with Crippen molar-refractivity contribution in [1.29, 1.82) is 0 Å². The molecule has 0 aliphatic carbocycles. The average Bonchev–Trinajstić information content (AvgIpc) is 3.28. The topological polar surface area (TPSA) is 117 Å². The third kappa shape index (κ3) is 4.59. The Kier molecular flexibility index (Phi) is 6.79. The summed E-state index contributed by atoms with van der Waals surface area (Å²) in [4.78, 5) is 21.9. The van der Waals surface area contributed by atoms with Gasteiger partial charge in [-0.1, -0.05) is 6.07 Å². The van der Waals surface area contributed by atoms with Gasteiger partial charge in [0.2, 0.25) is 0 Å². The van der Waals surface area contributed by atoms with Crippen molar-refractivity contribution in [2.75, 3.05) is 20.8 Å². The molecule has 5 rings (SSSR count). The van der Waals surface area contributed by atoms with E-state index in [9.17, 15) is 14.7 Å². The summed E-state index contributed by atoms with van der Waals surface area (Å²) in [6.45, 7) is 2.18. The molecule has 3 aromatic rings. The number of ether oxygens (including phenoxy) is 2. The molecule has 34 heavy (non-hydrogen) atoms. The van der Waals surface area contributed by atoms with Gasteiger partial charge in [-0.15, -0.1) is 0 Å². The van der Waals surface area contributed by atoms with Gasteiger partial charge >= 0.3 is 11.9 Å². The molecule has 2 aliphatic rings. The van der Waals surface area contributed by atoms with E-state index in [1.54, 1.807) is 20.3 Å². The molecule has 8 nitrogen and oxygen atoms in total. The first-order valence-electron chi connectivity index (χ1n) is 11.3. The molecule has 0 amide bonds. The van der Waals surface area contributed by atoms with E-state index in [1.165, 1.54) is 41.3 Å². The Morgan fingerprint density at radius 1 is 0.912 bits per heavy atom. The molecule has 3 N–H and O–H groups in total. The predicted molar refractivity (Wildman–Crippen MR) is 128 cm³/mol. The number of phenolic OH excluding ortho intramolecular Hbond substituents is 1. The highest BCUT2D eigenvalue weighted by molar-refractivity contribution is 6.12. The van der Waals surface area contributed by atoms with Crippen LogP contribution in [0.3, 0.4) is 0 Å². The fourth-order valence-corrected chi connectivity index (χ4v) is 5.10. The Balaban J connectivity index is 0.000000297. The molecule has 0 spiro atoms. The average molecular weight is 468 g/mol. The minimum atomic E-state index is -1.08. The summed E-state index contributed by atoms with van der Waals surface area (Å²) in [6.07, 6.45) is 3.05. The van der Waals surface area contributed by atoms with Gasteiger partial charge in [-0.3, -0.25) is 14.5 Å². The standard InChI is InChI=1S/C22H23NO3.C4H6O4/c1-25-21-10-18-16-8-13-4-3-7-23(13)12-20(16)15-6-5-14(24)9-17(15)19(18)11-22(21)26-2;5-3(6)1-2-4(7)8/h5-6,9-11,13,24H,3-4,7-8,12H2,1-2H3;1-2H2,(H,5,6)(H,7,8). The Labute approximate surface area is 197 Å². The lowest BCUT2D eigenvalue weighted by Gasteiger charge is -2.33. The molecule has 0 radical (unpaired) electrons. The Morgan fingerprint density at radius 3 is 2.15 bits per heavy atom. The Hall–Kier alpha value is -3.52. The van der Waals surface area contributed by atoms with Crippen LogP contribution in [0.4, 0.5) is 0 Å². The van der Waals surface area contributed by atoms with Gasteiger partial charge in [-0.05, 0) is 82.7 Å². The fraction of sp³-hybridized carbons (Fsp3) is 0.385. The van der Waals surface area contributed by atoms with Crippen LogP contribution in [0.25, 0.3) is 21.5 Å². The summed E-state index contributed by atoms with van der Waals surface area (Å²) in [5.74, 6) is -0.373. The second-order valence-corrected chi connectivity index (χ2v) is 8.70. The van der Waals surface area contributed by atoms with Gasteiger partial charge in [-0.2, -0.15) is 0 Å². The van der Waals surface area contributed by atoms with Crippen molar-refractivity contribution in [3.63, 3.8) is 0 Å². The third-order valence-electron chi connectivity index (χ3n) is 6.68. The Bertz CT molecular complexity index is 1240. The van der Waals surface area contributed by atoms with E-state index >= 15 is 0 Å². The van der Waals surface area contributed by atoms with Crippen LogP contribution in [-0.4, -0.2) is 59.0 Å². The number of carbonyl (C=O) groups is 2. The highest BCUT2D eigenvalue weighted by Crippen LogP contribution is 2.44. The largest absolute Gasteiger partial charge is 0.508 e. The van der Waals surface area contributed by atoms with Crippen molar-refractivity contribution in [2.24, 2.45) is 0 Å². The number of hydrogen-bond donors (Lipinski definition) is 3. The number of phenols is 1. The first-order chi connectivity index (χ1) is 16.3. The molecule has 1 atom stereocenters. The fourth-order valence-electron chi connectivity index (χ4n) is 5.10. The highest BCUT2D eigenvalue weighted by Gasteiger charge is 2.32. The first-order valence-corrected chi connectivity index (χ1v) is 11.3. The molecule has 1 saturated heterocycles. The lowest BCUT2D eigenvalue weighted by molar-refractivity contribution is -0.143. The molecule has 2 aliphatic heterocycles. The highest BCUT2D eigenvalue weighted by atomic mass is 16.5. The summed E-state index contributed by atoms with van der Waals surface area (Å²) in [5.41, 5.74) is 2.83. The second kappa shape index (κ2) is 9.77. The zero-order chi connectivity index (χ0) is 24.4. The molecule has 1 unspecified atom stereocenters. The van der Waals surface area contributed by atoms with Crippen molar-refractivity contribution in [1.82, 2.24) is 4.90 Å². The maximum atomic E-state index is 10.1. The van der Waals surface area contributed by atoms with Gasteiger partial charge in [-0.25, -0.2) is 0 Å². The van der Waals surface area contributed by atoms with Gasteiger partial charge in [0, 0.05) is 12.6 Å². The van der Waals surface area contributed by atoms with E-state index in [0.29, 0.717) is 11.8 Å². The number of carboxylic acids is 2. The molecule has 2 heterocycles. The quantitative estimate of drug-likeness (QED) is 0.479. The van der Waals surface area contributed by atoms with E-state index < -0.39 is 11.9 Å². The van der Waals surface area contributed by atoms with Crippen molar-refractivity contribution in [2.45, 2.75) is 44.7 Å². The molecule has 0 bridgehead atoms. The number of benzene rings is 3. The summed E-state index contributed by atoms with van der Waals surface area (Å²) >= 11 is 0. The monoisotopic (exact) mass is 467 g/mol. The minimum Gasteiger partial charge on any atom is -0.508 e. The van der Waals surface area contributed by atoms with Crippen LogP contribution in [0.2, 0.25) is 0 Å². The van der Waals surface area contributed by atoms with E-state index in [2.05, 4.69) is 23.1 Å². The summed E-state index contributed by atoms with van der Waals surface area (Å²) in [5, 5.41) is 30.6. The minimum absolute atomic E-state index is 0.295. The van der Waals surface area contributed by atoms with Gasteiger partial charge in [0.25, 0.3) is 0 Å². The molecule has 3 aromatic carbocycles. The van der Waals surface area contributed by atoms with Gasteiger partial charge in [0.05, 0.1) is 27.1 Å². The summed E-state index contributed by atoms with van der Waals surface area (Å²) in [6, 6.07) is 10.5. The molecule has 1 fully saturated rings. The maximum Gasteiger partial charge on any atom is 0.303 e. The van der Waals surface area contributed by atoms with E-state index in [-0.39, 0.29) is 12.8 Å². The van der Waals surface area contributed by atoms with Crippen LogP contribution < -0.4 is 9.47 Å². The summed E-state index contributed by atoms with van der Waals surface area (Å²) in [7, 11) is 3.35. The maximum absolute atomic E-state index is 10.1. The lowest BCUT2D eigenvalue weighted by Crippen LogP contribution is -2.35. The normalized spacial score (nSPS) is 16.9. The number of aromatic hydroxyl groups is 1. The van der Waals surface area contributed by atoms with Crippen molar-refractivity contribution >= 4 is 33.5 Å². The number of aliphatic carboxylic acids is 2. The molecular formula is C26H29NO7.